The normalized spacial score (nSPS) is 29.2. The van der Waals surface area contributed by atoms with Crippen molar-refractivity contribution in [1.82, 2.24) is 0 Å². The number of aromatic hydroxyl groups is 1. The number of carbonyl (C=O) groups is 1. The van der Waals surface area contributed by atoms with Gasteiger partial charge in [0.15, 0.2) is 6.10 Å². The molecule has 26 heavy (non-hydrogen) atoms. The molecule has 5 atom stereocenters. The van der Waals surface area contributed by atoms with Crippen LogP contribution in [0.3, 0.4) is 0 Å². The molecule has 0 spiro atoms. The Balaban J connectivity index is 2.44. The molecule has 1 aromatic carbocycles. The topological polar surface area (TPSA) is 137 Å². The lowest BCUT2D eigenvalue weighted by Crippen LogP contribution is -2.61. The fourth-order valence-corrected chi connectivity index (χ4v) is 2.92. The van der Waals surface area contributed by atoms with E-state index in [0.717, 1.165) is 0 Å². The first kappa shape index (κ1) is 20.4. The predicted molar refractivity (Wildman–Crippen MR) is 91.2 cm³/mol. The van der Waals surface area contributed by atoms with Crippen molar-refractivity contribution in [3.8, 4) is 11.5 Å². The monoisotopic (exact) mass is 370 g/mol. The molecule has 146 valence electrons. The van der Waals surface area contributed by atoms with Crippen LogP contribution in [0.2, 0.25) is 0 Å². The third kappa shape index (κ3) is 3.93. The molecule has 0 aliphatic carbocycles. The quantitative estimate of drug-likeness (QED) is 0.516. The van der Waals surface area contributed by atoms with Crippen LogP contribution in [0.1, 0.15) is 50.7 Å². The van der Waals surface area contributed by atoms with Gasteiger partial charge in [-0.2, -0.15) is 0 Å². The Bertz CT molecular complexity index is 628. The third-order valence-electron chi connectivity index (χ3n) is 4.42. The minimum absolute atomic E-state index is 0.0406. The molecule has 0 amide bonds. The first-order valence-electron chi connectivity index (χ1n) is 8.50. The summed E-state index contributed by atoms with van der Waals surface area (Å²) in [7, 11) is 0. The fourth-order valence-electron chi connectivity index (χ4n) is 2.92. The molecular weight excluding hydrogens is 344 g/mol. The first-order chi connectivity index (χ1) is 12.0. The number of aliphatic carboxylic acids is 1. The molecule has 0 saturated carbocycles. The molecule has 2 rings (SSSR count). The molecule has 1 aliphatic rings. The zero-order chi connectivity index (χ0) is 19.8. The van der Waals surface area contributed by atoms with E-state index in [1.54, 1.807) is 0 Å². The van der Waals surface area contributed by atoms with Gasteiger partial charge in [0.25, 0.3) is 0 Å². The molecular formula is C18H26O8. The fraction of sp³-hybridized carbons (Fsp3) is 0.611. The Hall–Kier alpha value is -1.87. The maximum absolute atomic E-state index is 11.2. The maximum Gasteiger partial charge on any atom is 0.335 e. The summed E-state index contributed by atoms with van der Waals surface area (Å²) in [6, 6.07) is 3.06. The number of rotatable bonds is 5. The van der Waals surface area contributed by atoms with Crippen molar-refractivity contribution in [2.75, 3.05) is 0 Å². The highest BCUT2D eigenvalue weighted by Crippen LogP contribution is 2.39. The number of aliphatic hydroxyl groups is 3. The van der Waals surface area contributed by atoms with E-state index >= 15 is 0 Å². The Labute approximate surface area is 151 Å². The van der Waals surface area contributed by atoms with Crippen LogP contribution in [-0.2, 0) is 9.53 Å². The van der Waals surface area contributed by atoms with E-state index in [-0.39, 0.29) is 17.6 Å². The Kier molecular flexibility index (Phi) is 6.13. The van der Waals surface area contributed by atoms with E-state index in [1.165, 1.54) is 12.1 Å². The summed E-state index contributed by atoms with van der Waals surface area (Å²) in [5.41, 5.74) is 1.30. The maximum atomic E-state index is 11.2. The second-order valence-electron chi connectivity index (χ2n) is 7.12. The highest BCUT2D eigenvalue weighted by molar-refractivity contribution is 5.73. The first-order valence-corrected chi connectivity index (χ1v) is 8.50. The average Bonchev–Trinajstić information content (AvgIpc) is 2.55. The zero-order valence-electron chi connectivity index (χ0n) is 15.2. The lowest BCUT2D eigenvalue weighted by Gasteiger charge is -2.39. The van der Waals surface area contributed by atoms with Crippen molar-refractivity contribution < 1.29 is 39.8 Å². The van der Waals surface area contributed by atoms with Crippen molar-refractivity contribution in [3.05, 3.63) is 23.3 Å². The molecule has 0 unspecified atom stereocenters. The standard InChI is InChI=1S/C18H26O8/c1-7(2)10-5-9(19)6-11(8(3)4)15(10)25-18-14(22)12(20)13(21)16(26-18)17(23)24/h5-8,12-14,16,18-22H,1-4H3,(H,23,24)/t12-,13-,14+,16-,18+/m1/s1. The number of aliphatic hydroxyl groups excluding tert-OH is 3. The molecule has 5 N–H and O–H groups in total. The molecule has 1 saturated heterocycles. The largest absolute Gasteiger partial charge is 0.508 e. The zero-order valence-corrected chi connectivity index (χ0v) is 15.2. The summed E-state index contributed by atoms with van der Waals surface area (Å²) in [5.74, 6) is -1.14. The van der Waals surface area contributed by atoms with Crippen molar-refractivity contribution in [2.24, 2.45) is 0 Å². The smallest absolute Gasteiger partial charge is 0.335 e. The van der Waals surface area contributed by atoms with Gasteiger partial charge in [0.05, 0.1) is 0 Å². The lowest BCUT2D eigenvalue weighted by atomic mass is 9.93. The van der Waals surface area contributed by atoms with Crippen LogP contribution in [0.15, 0.2) is 12.1 Å². The molecule has 1 heterocycles. The summed E-state index contributed by atoms with van der Waals surface area (Å²) in [5, 5.41) is 49.0. The van der Waals surface area contributed by atoms with Gasteiger partial charge in [0.2, 0.25) is 6.29 Å². The number of carboxylic acid groups (broad SMARTS) is 1. The van der Waals surface area contributed by atoms with E-state index in [0.29, 0.717) is 16.9 Å². The Morgan fingerprint density at radius 3 is 1.92 bits per heavy atom. The van der Waals surface area contributed by atoms with Gasteiger partial charge in [0, 0.05) is 11.1 Å². The van der Waals surface area contributed by atoms with Crippen molar-refractivity contribution in [2.45, 2.75) is 70.2 Å². The molecule has 0 aromatic heterocycles. The van der Waals surface area contributed by atoms with Gasteiger partial charge in [-0.15, -0.1) is 0 Å². The third-order valence-corrected chi connectivity index (χ3v) is 4.42. The second-order valence-corrected chi connectivity index (χ2v) is 7.12. The summed E-state index contributed by atoms with van der Waals surface area (Å²) in [6.45, 7) is 7.57. The summed E-state index contributed by atoms with van der Waals surface area (Å²) < 4.78 is 11.0. The minimum atomic E-state index is -1.78. The van der Waals surface area contributed by atoms with E-state index in [4.69, 9.17) is 14.6 Å². The van der Waals surface area contributed by atoms with E-state index in [9.17, 15) is 25.2 Å². The molecule has 8 heteroatoms. The molecule has 0 bridgehead atoms. The van der Waals surface area contributed by atoms with Crippen LogP contribution in [0.5, 0.6) is 11.5 Å². The summed E-state index contributed by atoms with van der Waals surface area (Å²) in [4.78, 5) is 11.2. The van der Waals surface area contributed by atoms with Gasteiger partial charge in [-0.1, -0.05) is 27.7 Å². The molecule has 1 aromatic rings. The Morgan fingerprint density at radius 1 is 1.00 bits per heavy atom. The van der Waals surface area contributed by atoms with Crippen LogP contribution in [0, 0.1) is 0 Å². The predicted octanol–water partition coefficient (Wildman–Crippen LogP) is 0.910. The number of phenols is 1. The number of benzene rings is 1. The van der Waals surface area contributed by atoms with Gasteiger partial charge in [-0.3, -0.25) is 0 Å². The van der Waals surface area contributed by atoms with Crippen molar-refractivity contribution in [3.63, 3.8) is 0 Å². The van der Waals surface area contributed by atoms with E-state index in [1.807, 2.05) is 27.7 Å². The van der Waals surface area contributed by atoms with E-state index in [2.05, 4.69) is 0 Å². The van der Waals surface area contributed by atoms with Crippen molar-refractivity contribution >= 4 is 5.97 Å². The van der Waals surface area contributed by atoms with Crippen LogP contribution < -0.4 is 4.74 Å². The van der Waals surface area contributed by atoms with Crippen molar-refractivity contribution in [1.29, 1.82) is 0 Å². The highest BCUT2D eigenvalue weighted by atomic mass is 16.7. The number of hydrogen-bond acceptors (Lipinski definition) is 7. The molecule has 8 nitrogen and oxygen atoms in total. The van der Waals surface area contributed by atoms with Gasteiger partial charge in [-0.25, -0.2) is 4.79 Å². The Morgan fingerprint density at radius 2 is 1.50 bits per heavy atom. The number of ether oxygens (including phenoxy) is 2. The van der Waals surface area contributed by atoms with Gasteiger partial charge >= 0.3 is 5.97 Å². The average molecular weight is 370 g/mol. The number of hydrogen-bond donors (Lipinski definition) is 5. The molecule has 1 fully saturated rings. The molecule has 0 radical (unpaired) electrons. The van der Waals surface area contributed by atoms with E-state index < -0.39 is 36.7 Å². The number of carboxylic acids is 1. The van der Waals surface area contributed by atoms with Crippen LogP contribution in [0.25, 0.3) is 0 Å². The highest BCUT2D eigenvalue weighted by Gasteiger charge is 2.48. The van der Waals surface area contributed by atoms with Gasteiger partial charge in [0.1, 0.15) is 29.8 Å². The van der Waals surface area contributed by atoms with Crippen LogP contribution in [0.4, 0.5) is 0 Å². The molecule has 1 aliphatic heterocycles. The lowest BCUT2D eigenvalue weighted by molar-refractivity contribution is -0.271. The van der Waals surface area contributed by atoms with Gasteiger partial charge in [-0.05, 0) is 24.0 Å². The minimum Gasteiger partial charge on any atom is -0.508 e. The second kappa shape index (κ2) is 7.79. The van der Waals surface area contributed by atoms with Crippen LogP contribution >= 0.6 is 0 Å². The van der Waals surface area contributed by atoms with Gasteiger partial charge < -0.3 is 35.0 Å². The number of phenolic OH excluding ortho intramolecular Hbond substituents is 1. The summed E-state index contributed by atoms with van der Waals surface area (Å²) >= 11 is 0. The summed E-state index contributed by atoms with van der Waals surface area (Å²) in [6.07, 6.45) is -8.39. The van der Waals surface area contributed by atoms with Crippen LogP contribution in [-0.4, -0.2) is 62.2 Å². The SMILES string of the molecule is CC(C)c1cc(O)cc(C(C)C)c1O[C@H]1O[C@@H](C(=O)O)[C@H](O)[C@@H](O)[C@@H]1O.